The molecular formula is C13H26N2O4. The number of ketones is 1. The Kier molecular flexibility index (Phi) is 10.3. The minimum atomic E-state index is -0.819. The zero-order chi connectivity index (χ0) is 14.7. The third-order valence-corrected chi connectivity index (χ3v) is 2.80. The van der Waals surface area contributed by atoms with Crippen LogP contribution in [0.4, 0.5) is 0 Å². The molecule has 0 bridgehead atoms. The molecule has 0 unspecified atom stereocenters. The van der Waals surface area contributed by atoms with Gasteiger partial charge in [-0.2, -0.15) is 0 Å². The van der Waals surface area contributed by atoms with Gasteiger partial charge in [-0.15, -0.1) is 0 Å². The van der Waals surface area contributed by atoms with E-state index in [9.17, 15) is 9.59 Å². The highest BCUT2D eigenvalue weighted by Gasteiger charge is 2.07. The number of ether oxygens (including phenoxy) is 1. The van der Waals surface area contributed by atoms with Gasteiger partial charge in [0.15, 0.2) is 0 Å². The van der Waals surface area contributed by atoms with Crippen molar-refractivity contribution in [3.8, 4) is 0 Å². The van der Waals surface area contributed by atoms with Gasteiger partial charge in [0.1, 0.15) is 5.78 Å². The molecule has 0 aliphatic heterocycles. The van der Waals surface area contributed by atoms with Gasteiger partial charge in [0.05, 0.1) is 26.3 Å². The van der Waals surface area contributed by atoms with Crippen LogP contribution in [0, 0.1) is 0 Å². The molecule has 19 heavy (non-hydrogen) atoms. The van der Waals surface area contributed by atoms with E-state index in [0.29, 0.717) is 32.8 Å². The second kappa shape index (κ2) is 10.9. The van der Waals surface area contributed by atoms with Gasteiger partial charge in [-0.25, -0.2) is 0 Å². The fraction of sp³-hybridized carbons (Fsp3) is 0.846. The third-order valence-electron chi connectivity index (χ3n) is 2.80. The van der Waals surface area contributed by atoms with Crippen LogP contribution in [0.5, 0.6) is 0 Å². The maximum absolute atomic E-state index is 11.0. The van der Waals surface area contributed by atoms with Crippen molar-refractivity contribution in [2.24, 2.45) is 0 Å². The van der Waals surface area contributed by atoms with Gasteiger partial charge < -0.3 is 9.84 Å². The lowest BCUT2D eigenvalue weighted by molar-refractivity contribution is -0.138. The molecule has 6 heteroatoms. The second-order valence-corrected chi connectivity index (χ2v) is 4.45. The topological polar surface area (TPSA) is 70.1 Å². The van der Waals surface area contributed by atoms with Crippen molar-refractivity contribution < 1.29 is 19.4 Å². The van der Waals surface area contributed by atoms with Crippen LogP contribution in [-0.2, 0) is 14.3 Å². The molecule has 6 nitrogen and oxygen atoms in total. The van der Waals surface area contributed by atoms with E-state index in [1.807, 2.05) is 23.6 Å². The SMILES string of the molecule is CCN(CCOCCN(CC)CC(=O)O)CC(C)=O. The summed E-state index contributed by atoms with van der Waals surface area (Å²) < 4.78 is 5.47. The number of carboxylic acids is 1. The quantitative estimate of drug-likeness (QED) is 0.517. The Labute approximate surface area is 115 Å². The standard InChI is InChI=1S/C13H26N2O4/c1-4-14(10-12(3)16)6-8-19-9-7-15(5-2)11-13(17)18/h4-11H2,1-3H3,(H,17,18). The van der Waals surface area contributed by atoms with Gasteiger partial charge in [0.2, 0.25) is 0 Å². The van der Waals surface area contributed by atoms with Crippen LogP contribution in [0.1, 0.15) is 20.8 Å². The summed E-state index contributed by atoms with van der Waals surface area (Å²) in [5, 5.41) is 8.69. The normalized spacial score (nSPS) is 11.2. The summed E-state index contributed by atoms with van der Waals surface area (Å²) in [6.45, 7) is 9.94. The summed E-state index contributed by atoms with van der Waals surface area (Å²) in [7, 11) is 0. The largest absolute Gasteiger partial charge is 0.480 e. The maximum Gasteiger partial charge on any atom is 0.317 e. The zero-order valence-electron chi connectivity index (χ0n) is 12.2. The van der Waals surface area contributed by atoms with Crippen LogP contribution < -0.4 is 0 Å². The lowest BCUT2D eigenvalue weighted by Gasteiger charge is -2.20. The fourth-order valence-corrected chi connectivity index (χ4v) is 1.69. The number of carbonyl (C=O) groups is 2. The molecule has 1 N–H and O–H groups in total. The second-order valence-electron chi connectivity index (χ2n) is 4.45. The lowest BCUT2D eigenvalue weighted by atomic mass is 10.4. The first-order valence-corrected chi connectivity index (χ1v) is 6.73. The van der Waals surface area contributed by atoms with Gasteiger partial charge in [0, 0.05) is 13.1 Å². The Bertz CT molecular complexity index is 245. The van der Waals surface area contributed by atoms with Crippen LogP contribution in [-0.4, -0.2) is 79.1 Å². The monoisotopic (exact) mass is 274 g/mol. The average molecular weight is 274 g/mol. The summed E-state index contributed by atoms with van der Waals surface area (Å²) in [5.74, 6) is -0.666. The lowest BCUT2D eigenvalue weighted by Crippen LogP contribution is -2.34. The number of carbonyl (C=O) groups excluding carboxylic acids is 1. The fourth-order valence-electron chi connectivity index (χ4n) is 1.69. The van der Waals surface area contributed by atoms with Crippen molar-refractivity contribution in [3.05, 3.63) is 0 Å². The molecule has 0 aromatic carbocycles. The molecule has 0 atom stereocenters. The van der Waals surface area contributed by atoms with Crippen molar-refractivity contribution >= 4 is 11.8 Å². The number of aliphatic carboxylic acids is 1. The van der Waals surface area contributed by atoms with Crippen LogP contribution >= 0.6 is 0 Å². The van der Waals surface area contributed by atoms with E-state index < -0.39 is 5.97 Å². The van der Waals surface area contributed by atoms with Crippen molar-refractivity contribution in [2.75, 3.05) is 52.5 Å². The average Bonchev–Trinajstić information content (AvgIpc) is 2.34. The van der Waals surface area contributed by atoms with Crippen molar-refractivity contribution in [1.82, 2.24) is 9.80 Å². The molecule has 0 rings (SSSR count). The van der Waals surface area contributed by atoms with E-state index in [0.717, 1.165) is 13.1 Å². The van der Waals surface area contributed by atoms with Gasteiger partial charge in [-0.1, -0.05) is 13.8 Å². The molecule has 112 valence electrons. The summed E-state index contributed by atoms with van der Waals surface area (Å²) in [4.78, 5) is 25.4. The van der Waals surface area contributed by atoms with E-state index >= 15 is 0 Å². The minimum absolute atomic E-state index is 0.0469. The van der Waals surface area contributed by atoms with Crippen LogP contribution in [0.25, 0.3) is 0 Å². The molecular weight excluding hydrogens is 248 g/mol. The van der Waals surface area contributed by atoms with Crippen LogP contribution in [0.3, 0.4) is 0 Å². The highest BCUT2D eigenvalue weighted by atomic mass is 16.5. The van der Waals surface area contributed by atoms with Crippen molar-refractivity contribution in [1.29, 1.82) is 0 Å². The number of Topliss-reactive ketones (excluding diaryl/α,β-unsaturated/α-hetero) is 1. The summed E-state index contributed by atoms with van der Waals surface area (Å²) >= 11 is 0. The van der Waals surface area contributed by atoms with Gasteiger partial charge in [0.25, 0.3) is 0 Å². The molecule has 0 saturated heterocycles. The molecule has 0 aliphatic rings. The number of nitrogens with zero attached hydrogens (tertiary/aromatic N) is 2. The number of rotatable bonds is 12. The van der Waals surface area contributed by atoms with Gasteiger partial charge in [-0.05, 0) is 20.0 Å². The molecule has 0 aromatic heterocycles. The summed E-state index contributed by atoms with van der Waals surface area (Å²) in [6, 6.07) is 0. The Morgan fingerprint density at radius 3 is 1.84 bits per heavy atom. The summed E-state index contributed by atoms with van der Waals surface area (Å²) in [6.07, 6.45) is 0. The smallest absolute Gasteiger partial charge is 0.317 e. The number of carboxylic acid groups (broad SMARTS) is 1. The van der Waals surface area contributed by atoms with E-state index in [1.54, 1.807) is 6.92 Å². The van der Waals surface area contributed by atoms with E-state index in [-0.39, 0.29) is 12.3 Å². The molecule has 0 heterocycles. The maximum atomic E-state index is 11.0. The highest BCUT2D eigenvalue weighted by Crippen LogP contribution is 1.91. The highest BCUT2D eigenvalue weighted by molar-refractivity contribution is 5.77. The van der Waals surface area contributed by atoms with Crippen molar-refractivity contribution in [2.45, 2.75) is 20.8 Å². The number of likely N-dealkylation sites (N-methyl/N-ethyl adjacent to an activating group) is 2. The predicted molar refractivity (Wildman–Crippen MR) is 73.4 cm³/mol. The molecule has 0 amide bonds. The molecule has 0 radical (unpaired) electrons. The van der Waals surface area contributed by atoms with Crippen molar-refractivity contribution in [3.63, 3.8) is 0 Å². The molecule has 0 aliphatic carbocycles. The molecule has 0 fully saturated rings. The van der Waals surface area contributed by atoms with Gasteiger partial charge in [-0.3, -0.25) is 19.4 Å². The number of hydrogen-bond donors (Lipinski definition) is 1. The zero-order valence-corrected chi connectivity index (χ0v) is 12.2. The molecule has 0 saturated carbocycles. The first-order chi connectivity index (χ1) is 8.99. The number of hydrogen-bond acceptors (Lipinski definition) is 5. The van der Waals surface area contributed by atoms with E-state index in [4.69, 9.17) is 9.84 Å². The van der Waals surface area contributed by atoms with E-state index in [1.165, 1.54) is 0 Å². The molecule has 0 aromatic rings. The van der Waals surface area contributed by atoms with Gasteiger partial charge >= 0.3 is 5.97 Å². The van der Waals surface area contributed by atoms with E-state index in [2.05, 4.69) is 0 Å². The van der Waals surface area contributed by atoms with Crippen LogP contribution in [0.2, 0.25) is 0 Å². The Morgan fingerprint density at radius 1 is 1.00 bits per heavy atom. The first-order valence-electron chi connectivity index (χ1n) is 6.73. The predicted octanol–water partition coefficient (Wildman–Crippen LogP) is 0.320. The Hall–Kier alpha value is -0.980. The van der Waals surface area contributed by atoms with Crippen LogP contribution in [0.15, 0.2) is 0 Å². The first kappa shape index (κ1) is 18.0. The summed E-state index contributed by atoms with van der Waals surface area (Å²) in [5.41, 5.74) is 0. The third kappa shape index (κ3) is 10.6. The minimum Gasteiger partial charge on any atom is -0.480 e. The molecule has 0 spiro atoms. The Balaban J connectivity index is 3.67. The Morgan fingerprint density at radius 2 is 1.47 bits per heavy atom.